The molecule has 2 aromatic heterocycles. The molecule has 0 amide bonds. The molecule has 4 rings (SSSR count). The molecule has 2 heterocycles. The van der Waals surface area contributed by atoms with E-state index in [1.807, 2.05) is 35.7 Å². The van der Waals surface area contributed by atoms with Gasteiger partial charge in [0.25, 0.3) is 5.56 Å². The lowest BCUT2D eigenvalue weighted by Crippen LogP contribution is -2.07. The SMILES string of the molecule is Cc1ccc(-c2c(-c3ccc(C#N)cc3)cc3c(=O)[nH]ccn23)cc1. The Kier molecular flexibility index (Phi) is 3.48. The third kappa shape index (κ3) is 2.52. The summed E-state index contributed by atoms with van der Waals surface area (Å²) in [5.74, 6) is 0. The van der Waals surface area contributed by atoms with Crippen molar-refractivity contribution >= 4 is 5.52 Å². The number of aryl methyl sites for hydroxylation is 1. The summed E-state index contributed by atoms with van der Waals surface area (Å²) in [6.07, 6.45) is 3.51. The van der Waals surface area contributed by atoms with Crippen LogP contribution < -0.4 is 5.56 Å². The van der Waals surface area contributed by atoms with Crippen LogP contribution in [0.25, 0.3) is 27.9 Å². The van der Waals surface area contributed by atoms with Crippen LogP contribution in [0.1, 0.15) is 11.1 Å². The molecule has 0 unspecified atom stereocenters. The summed E-state index contributed by atoms with van der Waals surface area (Å²) in [5, 5.41) is 9.01. The van der Waals surface area contributed by atoms with E-state index in [1.54, 1.807) is 18.3 Å². The number of benzene rings is 2. The van der Waals surface area contributed by atoms with Crippen molar-refractivity contribution in [1.82, 2.24) is 9.38 Å². The van der Waals surface area contributed by atoms with E-state index in [0.29, 0.717) is 11.1 Å². The largest absolute Gasteiger partial charge is 0.326 e. The number of H-pyrrole nitrogens is 1. The van der Waals surface area contributed by atoms with Gasteiger partial charge in [-0.1, -0.05) is 42.0 Å². The number of fused-ring (bicyclic) bond motifs is 1. The highest BCUT2D eigenvalue weighted by atomic mass is 16.1. The van der Waals surface area contributed by atoms with Crippen molar-refractivity contribution in [3.8, 4) is 28.5 Å². The first kappa shape index (κ1) is 15.0. The molecule has 0 fully saturated rings. The fourth-order valence-corrected chi connectivity index (χ4v) is 3.07. The minimum Gasteiger partial charge on any atom is -0.326 e. The molecule has 0 aliphatic carbocycles. The lowest BCUT2D eigenvalue weighted by atomic mass is 10.00. The van der Waals surface area contributed by atoms with Crippen LogP contribution in [0.3, 0.4) is 0 Å². The zero-order chi connectivity index (χ0) is 17.4. The Morgan fingerprint density at radius 1 is 1.00 bits per heavy atom. The minimum atomic E-state index is -0.129. The van der Waals surface area contributed by atoms with Gasteiger partial charge in [0, 0.05) is 18.0 Å². The second kappa shape index (κ2) is 5.81. The number of nitrogens with zero attached hydrogens (tertiary/aromatic N) is 2. The third-order valence-electron chi connectivity index (χ3n) is 4.36. The molecule has 0 saturated carbocycles. The van der Waals surface area contributed by atoms with Crippen molar-refractivity contribution < 1.29 is 0 Å². The van der Waals surface area contributed by atoms with E-state index in [-0.39, 0.29) is 5.56 Å². The normalized spacial score (nSPS) is 10.7. The Morgan fingerprint density at radius 2 is 1.68 bits per heavy atom. The van der Waals surface area contributed by atoms with Crippen LogP contribution in [0.5, 0.6) is 0 Å². The quantitative estimate of drug-likeness (QED) is 0.602. The zero-order valence-corrected chi connectivity index (χ0v) is 13.7. The predicted molar refractivity (Wildman–Crippen MR) is 98.3 cm³/mol. The summed E-state index contributed by atoms with van der Waals surface area (Å²) in [4.78, 5) is 15.0. The molecule has 0 bridgehead atoms. The topological polar surface area (TPSA) is 61.1 Å². The van der Waals surface area contributed by atoms with E-state index < -0.39 is 0 Å². The first-order valence-corrected chi connectivity index (χ1v) is 7.98. The van der Waals surface area contributed by atoms with Crippen molar-refractivity contribution in [2.24, 2.45) is 0 Å². The van der Waals surface area contributed by atoms with Gasteiger partial charge >= 0.3 is 0 Å². The molecular weight excluding hydrogens is 310 g/mol. The number of nitriles is 1. The lowest BCUT2D eigenvalue weighted by molar-refractivity contribution is 1.11. The number of aromatic nitrogens is 2. The molecule has 4 aromatic rings. The van der Waals surface area contributed by atoms with Crippen LogP contribution in [0, 0.1) is 18.3 Å². The highest BCUT2D eigenvalue weighted by Gasteiger charge is 2.15. The van der Waals surface area contributed by atoms with E-state index in [2.05, 4.69) is 35.3 Å². The maximum Gasteiger partial charge on any atom is 0.272 e. The van der Waals surface area contributed by atoms with Gasteiger partial charge < -0.3 is 9.38 Å². The monoisotopic (exact) mass is 325 g/mol. The van der Waals surface area contributed by atoms with Crippen LogP contribution in [-0.4, -0.2) is 9.38 Å². The van der Waals surface area contributed by atoms with Gasteiger partial charge in [0.2, 0.25) is 0 Å². The van der Waals surface area contributed by atoms with E-state index in [1.165, 1.54) is 5.56 Å². The standard InChI is InChI=1S/C21H15N3O/c1-14-2-6-17(7-3-14)20-18(16-8-4-15(13-22)5-9-16)12-19-21(25)23-10-11-24(19)20/h2-12H,1H3,(H,23,25). The highest BCUT2D eigenvalue weighted by molar-refractivity contribution is 5.86. The summed E-state index contributed by atoms with van der Waals surface area (Å²) in [6, 6.07) is 19.7. The van der Waals surface area contributed by atoms with Gasteiger partial charge in [0.05, 0.1) is 17.3 Å². The van der Waals surface area contributed by atoms with Crippen LogP contribution in [-0.2, 0) is 0 Å². The van der Waals surface area contributed by atoms with Crippen molar-refractivity contribution in [3.63, 3.8) is 0 Å². The first-order chi connectivity index (χ1) is 12.2. The number of aromatic amines is 1. The molecular formula is C21H15N3O. The maximum atomic E-state index is 12.2. The Balaban J connectivity index is 2.04. The summed E-state index contributed by atoms with van der Waals surface area (Å²) >= 11 is 0. The van der Waals surface area contributed by atoms with Gasteiger partial charge in [-0.2, -0.15) is 5.26 Å². The molecule has 0 aliphatic heterocycles. The fraction of sp³-hybridized carbons (Fsp3) is 0.0476. The van der Waals surface area contributed by atoms with E-state index >= 15 is 0 Å². The average molecular weight is 325 g/mol. The number of rotatable bonds is 2. The van der Waals surface area contributed by atoms with E-state index in [9.17, 15) is 4.79 Å². The third-order valence-corrected chi connectivity index (χ3v) is 4.36. The molecule has 0 aliphatic rings. The molecule has 4 heteroatoms. The molecule has 4 nitrogen and oxygen atoms in total. The Hall–Kier alpha value is -3.58. The van der Waals surface area contributed by atoms with Crippen molar-refractivity contribution in [2.45, 2.75) is 6.92 Å². The van der Waals surface area contributed by atoms with Gasteiger partial charge in [-0.25, -0.2) is 0 Å². The summed E-state index contributed by atoms with van der Waals surface area (Å²) in [5.41, 5.74) is 6.20. The Bertz CT molecular complexity index is 1160. The van der Waals surface area contributed by atoms with Crippen LogP contribution >= 0.6 is 0 Å². The molecule has 0 radical (unpaired) electrons. The number of hydrogen-bond donors (Lipinski definition) is 1. The Morgan fingerprint density at radius 3 is 2.36 bits per heavy atom. The average Bonchev–Trinajstić information content (AvgIpc) is 3.03. The summed E-state index contributed by atoms with van der Waals surface area (Å²) in [7, 11) is 0. The molecule has 1 N–H and O–H groups in total. The molecule has 120 valence electrons. The second-order valence-corrected chi connectivity index (χ2v) is 6.01. The van der Waals surface area contributed by atoms with Crippen LogP contribution in [0.15, 0.2) is 71.8 Å². The Labute approximate surface area is 144 Å². The van der Waals surface area contributed by atoms with Gasteiger partial charge in [0.1, 0.15) is 5.52 Å². The number of hydrogen-bond acceptors (Lipinski definition) is 2. The fourth-order valence-electron chi connectivity index (χ4n) is 3.07. The van der Waals surface area contributed by atoms with Gasteiger partial charge in [-0.05, 0) is 36.2 Å². The zero-order valence-electron chi connectivity index (χ0n) is 13.7. The van der Waals surface area contributed by atoms with Crippen molar-refractivity contribution in [1.29, 1.82) is 5.26 Å². The van der Waals surface area contributed by atoms with Crippen molar-refractivity contribution in [3.05, 3.63) is 88.5 Å². The van der Waals surface area contributed by atoms with Crippen LogP contribution in [0.4, 0.5) is 0 Å². The van der Waals surface area contributed by atoms with Crippen LogP contribution in [0.2, 0.25) is 0 Å². The maximum absolute atomic E-state index is 12.2. The predicted octanol–water partition coefficient (Wildman–Crippen LogP) is 4.14. The van der Waals surface area contributed by atoms with Gasteiger partial charge in [-0.3, -0.25) is 4.79 Å². The number of nitrogens with one attached hydrogen (secondary N) is 1. The van der Waals surface area contributed by atoms with E-state index in [0.717, 1.165) is 22.4 Å². The molecule has 0 spiro atoms. The van der Waals surface area contributed by atoms with Crippen molar-refractivity contribution in [2.75, 3.05) is 0 Å². The molecule has 2 aromatic carbocycles. The highest BCUT2D eigenvalue weighted by Crippen LogP contribution is 2.34. The molecule has 25 heavy (non-hydrogen) atoms. The molecule has 0 saturated heterocycles. The van der Waals surface area contributed by atoms with Gasteiger partial charge in [0.15, 0.2) is 0 Å². The summed E-state index contributed by atoms with van der Waals surface area (Å²) < 4.78 is 1.91. The summed E-state index contributed by atoms with van der Waals surface area (Å²) in [6.45, 7) is 2.05. The first-order valence-electron chi connectivity index (χ1n) is 7.98. The van der Waals surface area contributed by atoms with Gasteiger partial charge in [-0.15, -0.1) is 0 Å². The molecule has 0 atom stereocenters. The lowest BCUT2D eigenvalue weighted by Gasteiger charge is -2.08. The smallest absolute Gasteiger partial charge is 0.272 e. The van der Waals surface area contributed by atoms with E-state index in [4.69, 9.17) is 5.26 Å². The second-order valence-electron chi connectivity index (χ2n) is 6.01. The minimum absolute atomic E-state index is 0.129.